The second-order valence-corrected chi connectivity index (χ2v) is 12.7. The molecular formula is C35H47N3O7. The van der Waals surface area contributed by atoms with E-state index in [1.165, 1.54) is 4.90 Å². The zero-order chi connectivity index (χ0) is 33.8. The lowest BCUT2D eigenvalue weighted by atomic mass is 9.96. The van der Waals surface area contributed by atoms with Crippen molar-refractivity contribution >= 4 is 23.9 Å². The molecule has 10 nitrogen and oxygen atoms in total. The molecule has 10 heteroatoms. The Kier molecular flexibility index (Phi) is 13.6. The summed E-state index contributed by atoms with van der Waals surface area (Å²) in [5.74, 6) is 0.537. The fraction of sp³-hybridized carbons (Fsp3) is 0.486. The van der Waals surface area contributed by atoms with Gasteiger partial charge in [0.05, 0.1) is 6.61 Å². The Morgan fingerprint density at radius 2 is 1.49 bits per heavy atom. The molecule has 0 aliphatic heterocycles. The van der Waals surface area contributed by atoms with Gasteiger partial charge in [0.25, 0.3) is 0 Å². The lowest BCUT2D eigenvalue weighted by molar-refractivity contribution is -0.159. The number of amides is 3. The maximum atomic E-state index is 14.4. The van der Waals surface area contributed by atoms with E-state index in [0.29, 0.717) is 24.0 Å². The number of aliphatic hydroxyl groups excluding tert-OH is 1. The number of nitrogens with zero attached hydrogens (tertiary/aromatic N) is 1. The number of carbonyl (C=O) groups excluding carboxylic acids is 4. The molecular weight excluding hydrogens is 574 g/mol. The van der Waals surface area contributed by atoms with Crippen LogP contribution in [0.3, 0.4) is 0 Å². The van der Waals surface area contributed by atoms with E-state index in [1.807, 2.05) is 37.3 Å². The van der Waals surface area contributed by atoms with Gasteiger partial charge in [0.2, 0.25) is 11.8 Å². The number of ether oxygens (including phenoxy) is 2. The number of hydrogen-bond donors (Lipinski definition) is 3. The molecule has 3 amide bonds. The molecule has 3 N–H and O–H groups in total. The molecule has 0 heterocycles. The first-order valence-electron chi connectivity index (χ1n) is 15.1. The summed E-state index contributed by atoms with van der Waals surface area (Å²) in [4.78, 5) is 55.7. The van der Waals surface area contributed by atoms with E-state index in [0.717, 1.165) is 5.56 Å². The van der Waals surface area contributed by atoms with Gasteiger partial charge >= 0.3 is 12.1 Å². The third-order valence-electron chi connectivity index (χ3n) is 6.47. The number of terminal acetylenes is 1. The molecule has 3 unspecified atom stereocenters. The number of carbonyl (C=O) groups is 4. The van der Waals surface area contributed by atoms with E-state index in [-0.39, 0.29) is 13.0 Å². The van der Waals surface area contributed by atoms with Crippen LogP contribution in [-0.2, 0) is 30.3 Å². The second-order valence-electron chi connectivity index (χ2n) is 12.7. The minimum absolute atomic E-state index is 0.0919. The standard InChI is InChI=1S/C35H47N3O7/c1-9-11-21-38(31(41)28(23-39)37-33(43)45-35(6,7)8)29(26-20-16-15-19-25(26)10-2)30(40)36-27(32(42)44-34(3,4)5)22-24-17-13-12-14-18-24/h2,12-20,27-29,39H,9,11,21-23H2,1,3-8H3,(H,36,40)(H,37,43). The average Bonchev–Trinajstić information content (AvgIpc) is 2.96. The topological polar surface area (TPSA) is 134 Å². The van der Waals surface area contributed by atoms with Crippen LogP contribution in [-0.4, -0.2) is 70.3 Å². The van der Waals surface area contributed by atoms with Gasteiger partial charge in [-0.1, -0.05) is 67.8 Å². The van der Waals surface area contributed by atoms with Crippen molar-refractivity contribution < 1.29 is 33.8 Å². The normalized spacial score (nSPS) is 13.4. The fourth-order valence-corrected chi connectivity index (χ4v) is 4.51. The Labute approximate surface area is 266 Å². The van der Waals surface area contributed by atoms with Crippen molar-refractivity contribution in [2.75, 3.05) is 13.2 Å². The summed E-state index contributed by atoms with van der Waals surface area (Å²) in [6.07, 6.45) is 6.23. The first kappa shape index (κ1) is 36.8. The highest BCUT2D eigenvalue weighted by molar-refractivity contribution is 5.94. The first-order chi connectivity index (χ1) is 21.1. The minimum atomic E-state index is -1.42. The molecule has 0 saturated heterocycles. The van der Waals surface area contributed by atoms with Crippen LogP contribution < -0.4 is 10.6 Å². The molecule has 3 atom stereocenters. The highest BCUT2D eigenvalue weighted by Gasteiger charge is 2.38. The van der Waals surface area contributed by atoms with Gasteiger partial charge in [0.15, 0.2) is 0 Å². The van der Waals surface area contributed by atoms with E-state index >= 15 is 0 Å². The van der Waals surface area contributed by atoms with Gasteiger partial charge in [-0.15, -0.1) is 6.42 Å². The largest absolute Gasteiger partial charge is 0.458 e. The predicted octanol–water partition coefficient (Wildman–Crippen LogP) is 4.29. The highest BCUT2D eigenvalue weighted by atomic mass is 16.6. The van der Waals surface area contributed by atoms with Crippen LogP contribution in [0, 0.1) is 12.3 Å². The van der Waals surface area contributed by atoms with Crippen LogP contribution in [0.5, 0.6) is 0 Å². The molecule has 244 valence electrons. The highest BCUT2D eigenvalue weighted by Crippen LogP contribution is 2.27. The van der Waals surface area contributed by atoms with Crippen LogP contribution in [0.25, 0.3) is 0 Å². The van der Waals surface area contributed by atoms with Gasteiger partial charge < -0.3 is 30.1 Å². The molecule has 2 aromatic rings. The molecule has 2 rings (SSSR count). The molecule has 0 aromatic heterocycles. The van der Waals surface area contributed by atoms with Crippen LogP contribution in [0.2, 0.25) is 0 Å². The van der Waals surface area contributed by atoms with E-state index in [4.69, 9.17) is 15.9 Å². The molecule has 2 aromatic carbocycles. The van der Waals surface area contributed by atoms with E-state index in [9.17, 15) is 24.3 Å². The van der Waals surface area contributed by atoms with Gasteiger partial charge in [-0.3, -0.25) is 9.59 Å². The molecule has 0 aliphatic carbocycles. The zero-order valence-corrected chi connectivity index (χ0v) is 27.4. The quantitative estimate of drug-likeness (QED) is 0.224. The third-order valence-corrected chi connectivity index (χ3v) is 6.47. The number of benzene rings is 2. The van der Waals surface area contributed by atoms with Crippen molar-refractivity contribution in [2.24, 2.45) is 0 Å². The van der Waals surface area contributed by atoms with Gasteiger partial charge in [-0.2, -0.15) is 0 Å². The number of alkyl carbamates (subject to hydrolysis) is 1. The third kappa shape index (κ3) is 11.9. The summed E-state index contributed by atoms with van der Waals surface area (Å²) in [5, 5.41) is 15.4. The monoisotopic (exact) mass is 621 g/mol. The van der Waals surface area contributed by atoms with Crippen molar-refractivity contribution in [1.82, 2.24) is 15.5 Å². The number of hydrogen-bond acceptors (Lipinski definition) is 7. The molecule has 0 saturated carbocycles. The molecule has 45 heavy (non-hydrogen) atoms. The molecule has 0 fully saturated rings. The number of nitrogens with one attached hydrogen (secondary N) is 2. The molecule has 0 spiro atoms. The Morgan fingerprint density at radius 3 is 2.04 bits per heavy atom. The number of esters is 1. The maximum Gasteiger partial charge on any atom is 0.408 e. The van der Waals surface area contributed by atoms with E-state index in [2.05, 4.69) is 16.6 Å². The lowest BCUT2D eigenvalue weighted by Crippen LogP contribution is -2.56. The first-order valence-corrected chi connectivity index (χ1v) is 15.1. The Bertz CT molecular complexity index is 1340. The Morgan fingerprint density at radius 1 is 0.889 bits per heavy atom. The molecule has 0 bridgehead atoms. The molecule has 0 radical (unpaired) electrons. The van der Waals surface area contributed by atoms with Crippen molar-refractivity contribution in [3.05, 3.63) is 71.3 Å². The van der Waals surface area contributed by atoms with Crippen LogP contribution in [0.15, 0.2) is 54.6 Å². The van der Waals surface area contributed by atoms with Gasteiger partial charge in [-0.25, -0.2) is 9.59 Å². The van der Waals surface area contributed by atoms with Crippen LogP contribution in [0.4, 0.5) is 4.79 Å². The van der Waals surface area contributed by atoms with Crippen LogP contribution in [0.1, 0.15) is 84.0 Å². The summed E-state index contributed by atoms with van der Waals surface area (Å²) in [5.41, 5.74) is -0.173. The van der Waals surface area contributed by atoms with Gasteiger partial charge in [-0.05, 0) is 65.2 Å². The Balaban J connectivity index is 2.61. The lowest BCUT2D eigenvalue weighted by Gasteiger charge is -2.35. The van der Waals surface area contributed by atoms with Crippen molar-refractivity contribution in [2.45, 2.75) is 97.1 Å². The van der Waals surface area contributed by atoms with Crippen LogP contribution >= 0.6 is 0 Å². The minimum Gasteiger partial charge on any atom is -0.458 e. The smallest absolute Gasteiger partial charge is 0.408 e. The number of rotatable bonds is 13. The maximum absolute atomic E-state index is 14.4. The van der Waals surface area contributed by atoms with E-state index in [1.54, 1.807) is 65.8 Å². The summed E-state index contributed by atoms with van der Waals surface area (Å²) in [6.45, 7) is 11.5. The number of unbranched alkanes of at least 4 members (excludes halogenated alkanes) is 1. The van der Waals surface area contributed by atoms with Crippen molar-refractivity contribution in [3.8, 4) is 12.3 Å². The number of aliphatic hydroxyl groups is 1. The summed E-state index contributed by atoms with van der Waals surface area (Å²) >= 11 is 0. The summed E-state index contributed by atoms with van der Waals surface area (Å²) in [6, 6.07) is 12.0. The average molecular weight is 622 g/mol. The SMILES string of the molecule is C#Cc1ccccc1C(C(=O)NC(Cc1ccccc1)C(=O)OC(C)(C)C)N(CCCC)C(=O)C(CO)NC(=O)OC(C)(C)C. The Hall–Kier alpha value is -4.36. The van der Waals surface area contributed by atoms with E-state index < -0.39 is 59.8 Å². The zero-order valence-electron chi connectivity index (χ0n) is 27.4. The van der Waals surface area contributed by atoms with Gasteiger partial charge in [0.1, 0.15) is 29.3 Å². The summed E-state index contributed by atoms with van der Waals surface area (Å²) < 4.78 is 11.0. The summed E-state index contributed by atoms with van der Waals surface area (Å²) in [7, 11) is 0. The van der Waals surface area contributed by atoms with Crippen molar-refractivity contribution in [3.63, 3.8) is 0 Å². The van der Waals surface area contributed by atoms with Crippen molar-refractivity contribution in [1.29, 1.82) is 0 Å². The fourth-order valence-electron chi connectivity index (χ4n) is 4.51. The van der Waals surface area contributed by atoms with Gasteiger partial charge in [0, 0.05) is 18.5 Å². The predicted molar refractivity (Wildman–Crippen MR) is 172 cm³/mol. The molecule has 0 aliphatic rings. The second kappa shape index (κ2) is 16.6.